The lowest BCUT2D eigenvalue weighted by molar-refractivity contribution is -0.120. The van der Waals surface area contributed by atoms with Crippen molar-refractivity contribution in [2.75, 3.05) is 0 Å². The van der Waals surface area contributed by atoms with Crippen LogP contribution in [0.1, 0.15) is 37.2 Å². The van der Waals surface area contributed by atoms with Crippen molar-refractivity contribution in [1.82, 2.24) is 4.57 Å². The maximum atomic E-state index is 11.7. The molecule has 0 bridgehead atoms. The van der Waals surface area contributed by atoms with Crippen molar-refractivity contribution in [2.24, 2.45) is 0 Å². The van der Waals surface area contributed by atoms with Crippen LogP contribution in [0.15, 0.2) is 72.8 Å². The summed E-state index contributed by atoms with van der Waals surface area (Å²) in [5.41, 5.74) is 5.11. The van der Waals surface area contributed by atoms with Crippen molar-refractivity contribution in [2.45, 2.75) is 31.6 Å². The molecule has 1 saturated carbocycles. The summed E-state index contributed by atoms with van der Waals surface area (Å²) in [7, 11) is 0. The van der Waals surface area contributed by atoms with Crippen molar-refractivity contribution in [3.8, 4) is 5.69 Å². The lowest BCUT2D eigenvalue weighted by Crippen LogP contribution is -2.14. The monoisotopic (exact) mass is 339 g/mol. The molecule has 0 N–H and O–H groups in total. The van der Waals surface area contributed by atoms with Crippen LogP contribution in [0.4, 0.5) is 0 Å². The van der Waals surface area contributed by atoms with Crippen LogP contribution in [-0.4, -0.2) is 10.4 Å². The molecular weight excluding hydrogens is 318 g/mol. The van der Waals surface area contributed by atoms with Crippen LogP contribution in [0, 0.1) is 0 Å². The number of nitrogens with zero attached hydrogens (tertiary/aromatic N) is 1. The smallest absolute Gasteiger partial charge is 0.132 e. The second-order valence-electron chi connectivity index (χ2n) is 7.24. The fourth-order valence-electron chi connectivity index (χ4n) is 4.47. The molecule has 0 aliphatic heterocycles. The zero-order valence-corrected chi connectivity index (χ0v) is 14.7. The standard InChI is InChI=1S/C24H21NO/c26-18-15-13-17(14-16-18)19-7-1-4-10-22(19)25-23-11-5-2-8-20(23)21-9-3-6-12-24(21)25/h1-12,17H,13-16H2. The minimum atomic E-state index is 0.413. The van der Waals surface area contributed by atoms with Crippen LogP contribution in [-0.2, 0) is 4.79 Å². The summed E-state index contributed by atoms with van der Waals surface area (Å²) >= 11 is 0. The van der Waals surface area contributed by atoms with Gasteiger partial charge in [0.25, 0.3) is 0 Å². The molecule has 1 heterocycles. The molecule has 4 aromatic rings. The highest BCUT2D eigenvalue weighted by molar-refractivity contribution is 6.09. The number of carbonyl (C=O) groups is 1. The first-order valence-corrected chi connectivity index (χ1v) is 9.42. The number of hydrogen-bond donors (Lipinski definition) is 0. The van der Waals surface area contributed by atoms with Crippen molar-refractivity contribution in [3.05, 3.63) is 78.4 Å². The summed E-state index contributed by atoms with van der Waals surface area (Å²) in [6.45, 7) is 0. The van der Waals surface area contributed by atoms with E-state index in [9.17, 15) is 4.79 Å². The van der Waals surface area contributed by atoms with E-state index in [1.165, 1.54) is 33.1 Å². The summed E-state index contributed by atoms with van der Waals surface area (Å²) in [6, 6.07) is 26.0. The Hall–Kier alpha value is -2.87. The van der Waals surface area contributed by atoms with Gasteiger partial charge in [-0.1, -0.05) is 54.6 Å². The summed E-state index contributed by atoms with van der Waals surface area (Å²) in [5, 5.41) is 2.58. The van der Waals surface area contributed by atoms with Gasteiger partial charge in [0.1, 0.15) is 5.78 Å². The van der Waals surface area contributed by atoms with Crippen LogP contribution in [0.2, 0.25) is 0 Å². The van der Waals surface area contributed by atoms with Crippen molar-refractivity contribution >= 4 is 27.6 Å². The van der Waals surface area contributed by atoms with Gasteiger partial charge in [0, 0.05) is 29.3 Å². The van der Waals surface area contributed by atoms with Crippen LogP contribution in [0.25, 0.3) is 27.5 Å². The molecular formula is C24H21NO. The lowest BCUT2D eigenvalue weighted by Gasteiger charge is -2.24. The molecule has 0 saturated heterocycles. The quantitative estimate of drug-likeness (QED) is 0.438. The van der Waals surface area contributed by atoms with Gasteiger partial charge in [-0.3, -0.25) is 4.79 Å². The third kappa shape index (κ3) is 2.37. The highest BCUT2D eigenvalue weighted by Gasteiger charge is 2.23. The van der Waals surface area contributed by atoms with Gasteiger partial charge in [-0.15, -0.1) is 0 Å². The van der Waals surface area contributed by atoms with E-state index in [2.05, 4.69) is 77.4 Å². The number of carbonyl (C=O) groups excluding carboxylic acids is 1. The second-order valence-corrected chi connectivity index (χ2v) is 7.24. The maximum Gasteiger partial charge on any atom is 0.132 e. The van der Waals surface area contributed by atoms with Crippen LogP contribution in [0.3, 0.4) is 0 Å². The molecule has 0 radical (unpaired) electrons. The average molecular weight is 339 g/mol. The van der Waals surface area contributed by atoms with E-state index in [0.717, 1.165) is 12.8 Å². The first kappa shape index (κ1) is 15.4. The Morgan fingerprint density at radius 2 is 1.23 bits per heavy atom. The number of para-hydroxylation sites is 3. The van der Waals surface area contributed by atoms with Gasteiger partial charge >= 0.3 is 0 Å². The minimum absolute atomic E-state index is 0.413. The van der Waals surface area contributed by atoms with Gasteiger partial charge < -0.3 is 4.57 Å². The Labute approximate surface area is 153 Å². The topological polar surface area (TPSA) is 22.0 Å². The molecule has 26 heavy (non-hydrogen) atoms. The first-order valence-electron chi connectivity index (χ1n) is 9.42. The highest BCUT2D eigenvalue weighted by atomic mass is 16.1. The van der Waals surface area contributed by atoms with E-state index in [4.69, 9.17) is 0 Å². The summed E-state index contributed by atoms with van der Waals surface area (Å²) in [4.78, 5) is 11.7. The van der Waals surface area contributed by atoms with Crippen molar-refractivity contribution < 1.29 is 4.79 Å². The summed E-state index contributed by atoms with van der Waals surface area (Å²) in [5.74, 6) is 0.874. The normalized spacial score (nSPS) is 15.8. The van der Waals surface area contributed by atoms with Gasteiger partial charge in [-0.05, 0) is 42.5 Å². The predicted molar refractivity (Wildman–Crippen MR) is 107 cm³/mol. The molecule has 0 atom stereocenters. The van der Waals surface area contributed by atoms with E-state index >= 15 is 0 Å². The maximum absolute atomic E-state index is 11.7. The number of rotatable bonds is 2. The Kier molecular flexibility index (Phi) is 3.63. The average Bonchev–Trinajstić information content (AvgIpc) is 3.03. The molecule has 0 amide bonds. The fourth-order valence-corrected chi connectivity index (χ4v) is 4.47. The first-order chi connectivity index (χ1) is 12.8. The number of Topliss-reactive ketones (excluding diaryl/α,β-unsaturated/α-hetero) is 1. The fraction of sp³-hybridized carbons (Fsp3) is 0.208. The van der Waals surface area contributed by atoms with Gasteiger partial charge in [-0.2, -0.15) is 0 Å². The van der Waals surface area contributed by atoms with Crippen LogP contribution in [0.5, 0.6) is 0 Å². The molecule has 2 heteroatoms. The minimum Gasteiger partial charge on any atom is -0.309 e. The van der Waals surface area contributed by atoms with Crippen molar-refractivity contribution in [3.63, 3.8) is 0 Å². The Bertz CT molecular complexity index is 1060. The molecule has 1 aliphatic carbocycles. The molecule has 3 aromatic carbocycles. The van der Waals surface area contributed by atoms with Gasteiger partial charge in [0.05, 0.1) is 11.0 Å². The molecule has 1 aliphatic rings. The Morgan fingerprint density at radius 1 is 0.692 bits per heavy atom. The molecule has 5 rings (SSSR count). The number of benzene rings is 3. The Balaban J connectivity index is 1.77. The second kappa shape index (κ2) is 6.14. The van der Waals surface area contributed by atoms with Crippen LogP contribution < -0.4 is 0 Å². The van der Waals surface area contributed by atoms with E-state index in [0.29, 0.717) is 24.5 Å². The molecule has 0 unspecified atom stereocenters. The number of ketones is 1. The third-order valence-corrected chi connectivity index (χ3v) is 5.74. The van der Waals surface area contributed by atoms with E-state index in [-0.39, 0.29) is 0 Å². The molecule has 0 spiro atoms. The lowest BCUT2D eigenvalue weighted by atomic mass is 9.82. The Morgan fingerprint density at radius 3 is 1.88 bits per heavy atom. The summed E-state index contributed by atoms with van der Waals surface area (Å²) in [6.07, 6.45) is 3.36. The van der Waals surface area contributed by atoms with Gasteiger partial charge in [0.15, 0.2) is 0 Å². The zero-order chi connectivity index (χ0) is 17.5. The largest absolute Gasteiger partial charge is 0.309 e. The van der Waals surface area contributed by atoms with E-state index in [1.54, 1.807) is 0 Å². The van der Waals surface area contributed by atoms with E-state index in [1.807, 2.05) is 0 Å². The molecule has 2 nitrogen and oxygen atoms in total. The number of hydrogen-bond acceptors (Lipinski definition) is 1. The molecule has 1 aromatic heterocycles. The number of aromatic nitrogens is 1. The zero-order valence-electron chi connectivity index (χ0n) is 14.7. The predicted octanol–water partition coefficient (Wildman–Crippen LogP) is 6.01. The van der Waals surface area contributed by atoms with E-state index < -0.39 is 0 Å². The number of fused-ring (bicyclic) bond motifs is 3. The van der Waals surface area contributed by atoms with Gasteiger partial charge in [-0.25, -0.2) is 0 Å². The van der Waals surface area contributed by atoms with Gasteiger partial charge in [0.2, 0.25) is 0 Å². The molecule has 1 fully saturated rings. The highest BCUT2D eigenvalue weighted by Crippen LogP contribution is 2.38. The summed E-state index contributed by atoms with van der Waals surface area (Å²) < 4.78 is 2.40. The SMILES string of the molecule is O=C1CCC(c2ccccc2-n2c3ccccc3c3ccccc32)CC1. The third-order valence-electron chi connectivity index (χ3n) is 5.74. The van der Waals surface area contributed by atoms with Crippen molar-refractivity contribution in [1.29, 1.82) is 0 Å². The molecule has 128 valence electrons. The van der Waals surface area contributed by atoms with Crippen LogP contribution >= 0.6 is 0 Å².